The van der Waals surface area contributed by atoms with Gasteiger partial charge in [-0.3, -0.25) is 14.2 Å². The highest BCUT2D eigenvalue weighted by Crippen LogP contribution is 2.20. The van der Waals surface area contributed by atoms with Gasteiger partial charge < -0.3 is 0 Å². The van der Waals surface area contributed by atoms with Crippen molar-refractivity contribution in [2.45, 2.75) is 27.7 Å². The van der Waals surface area contributed by atoms with Gasteiger partial charge in [0.1, 0.15) is 16.3 Å². The third-order valence-corrected chi connectivity index (χ3v) is 6.20. The first-order chi connectivity index (χ1) is 14.1. The standard InChI is InChI=1S/C24H21BrN2O2S/c1-15-7-5-6-8-19(15)27-22(29)20(13-16-9-11-17(25)12-10-16)30-23(27)18(14-26)21(28)24(2,3)4/h5-13H,1-4H3/b20-13+,23-18-. The number of para-hydroxylation sites is 1. The van der Waals surface area contributed by atoms with Gasteiger partial charge in [0, 0.05) is 9.89 Å². The first kappa shape index (κ1) is 21.9. The molecule has 1 aromatic heterocycles. The summed E-state index contributed by atoms with van der Waals surface area (Å²) in [6.07, 6.45) is 1.79. The molecule has 1 heterocycles. The molecule has 0 spiro atoms. The lowest BCUT2D eigenvalue weighted by Crippen LogP contribution is -2.33. The number of aromatic nitrogens is 1. The van der Waals surface area contributed by atoms with E-state index in [0.29, 0.717) is 14.9 Å². The largest absolute Gasteiger partial charge is 0.293 e. The first-order valence-corrected chi connectivity index (χ1v) is 11.0. The molecule has 0 saturated carbocycles. The van der Waals surface area contributed by atoms with Crippen molar-refractivity contribution in [1.29, 1.82) is 5.26 Å². The minimum absolute atomic E-state index is 0.00306. The Morgan fingerprint density at radius 2 is 1.77 bits per heavy atom. The molecule has 3 aromatic rings. The second-order valence-electron chi connectivity index (χ2n) is 7.96. The fraction of sp³-hybridized carbons (Fsp3) is 0.208. The van der Waals surface area contributed by atoms with Gasteiger partial charge in [-0.05, 0) is 42.3 Å². The second-order valence-corrected chi connectivity index (χ2v) is 9.91. The van der Waals surface area contributed by atoms with Crippen LogP contribution in [-0.4, -0.2) is 10.4 Å². The zero-order valence-corrected chi connectivity index (χ0v) is 19.6. The van der Waals surface area contributed by atoms with Crippen LogP contribution in [0.1, 0.15) is 31.9 Å². The van der Waals surface area contributed by atoms with Crippen LogP contribution in [0.2, 0.25) is 0 Å². The summed E-state index contributed by atoms with van der Waals surface area (Å²) in [6.45, 7) is 7.21. The van der Waals surface area contributed by atoms with E-state index in [-0.39, 0.29) is 16.9 Å². The van der Waals surface area contributed by atoms with Crippen LogP contribution in [0.25, 0.3) is 17.3 Å². The molecule has 0 aliphatic rings. The van der Waals surface area contributed by atoms with E-state index in [1.807, 2.05) is 55.5 Å². The lowest BCUT2D eigenvalue weighted by atomic mass is 9.87. The fourth-order valence-corrected chi connectivity index (χ4v) is 4.32. The number of thiazole rings is 1. The Balaban J connectivity index is 2.45. The Labute approximate surface area is 187 Å². The van der Waals surface area contributed by atoms with Crippen LogP contribution in [0.3, 0.4) is 0 Å². The van der Waals surface area contributed by atoms with Crippen molar-refractivity contribution < 1.29 is 4.79 Å². The van der Waals surface area contributed by atoms with Crippen LogP contribution < -0.4 is 14.8 Å². The summed E-state index contributed by atoms with van der Waals surface area (Å²) in [6, 6.07) is 17.1. The molecule has 0 radical (unpaired) electrons. The second kappa shape index (κ2) is 8.55. The van der Waals surface area contributed by atoms with E-state index < -0.39 is 5.41 Å². The molecule has 30 heavy (non-hydrogen) atoms. The van der Waals surface area contributed by atoms with Crippen molar-refractivity contribution in [3.05, 3.63) is 83.7 Å². The molecule has 0 fully saturated rings. The number of carbonyl (C=O) groups is 1. The smallest absolute Gasteiger partial charge is 0.273 e. The Hall–Kier alpha value is -2.75. The summed E-state index contributed by atoms with van der Waals surface area (Å²) in [5.74, 6) is -0.288. The molecule has 3 rings (SSSR count). The molecular weight excluding hydrogens is 460 g/mol. The average molecular weight is 481 g/mol. The van der Waals surface area contributed by atoms with Gasteiger partial charge in [0.2, 0.25) is 0 Å². The average Bonchev–Trinajstić information content (AvgIpc) is 3.00. The van der Waals surface area contributed by atoms with E-state index in [2.05, 4.69) is 22.0 Å². The zero-order valence-electron chi connectivity index (χ0n) is 17.2. The summed E-state index contributed by atoms with van der Waals surface area (Å²) >= 11 is 4.58. The molecule has 0 unspecified atom stereocenters. The van der Waals surface area contributed by atoms with Crippen LogP contribution in [0.5, 0.6) is 0 Å². The number of ketones is 1. The summed E-state index contributed by atoms with van der Waals surface area (Å²) in [4.78, 5) is 26.4. The predicted molar refractivity (Wildman–Crippen MR) is 125 cm³/mol. The van der Waals surface area contributed by atoms with E-state index in [4.69, 9.17) is 0 Å². The van der Waals surface area contributed by atoms with Crippen LogP contribution in [0.15, 0.2) is 57.8 Å². The Morgan fingerprint density at radius 3 is 2.33 bits per heavy atom. The Kier molecular flexibility index (Phi) is 6.25. The summed E-state index contributed by atoms with van der Waals surface area (Å²) in [5, 5.41) is 9.84. The number of hydrogen-bond acceptors (Lipinski definition) is 4. The maximum atomic E-state index is 13.4. The maximum Gasteiger partial charge on any atom is 0.273 e. The molecule has 0 amide bonds. The van der Waals surface area contributed by atoms with Crippen molar-refractivity contribution in [3.8, 4) is 11.8 Å². The van der Waals surface area contributed by atoms with Crippen molar-refractivity contribution in [2.75, 3.05) is 0 Å². The third kappa shape index (κ3) is 4.38. The van der Waals surface area contributed by atoms with Gasteiger partial charge >= 0.3 is 0 Å². The topological polar surface area (TPSA) is 62.9 Å². The lowest BCUT2D eigenvalue weighted by molar-refractivity contribution is -0.120. The highest BCUT2D eigenvalue weighted by Gasteiger charge is 2.27. The van der Waals surface area contributed by atoms with Crippen molar-refractivity contribution in [1.82, 2.24) is 4.57 Å². The molecule has 0 aliphatic heterocycles. The molecule has 0 bridgehead atoms. The molecule has 0 aliphatic carbocycles. The van der Waals surface area contributed by atoms with E-state index in [9.17, 15) is 14.9 Å². The van der Waals surface area contributed by atoms with Crippen LogP contribution >= 0.6 is 27.3 Å². The van der Waals surface area contributed by atoms with E-state index >= 15 is 0 Å². The minimum Gasteiger partial charge on any atom is -0.293 e. The molecule has 2 aromatic carbocycles. The summed E-state index contributed by atoms with van der Waals surface area (Å²) < 4.78 is 3.26. The van der Waals surface area contributed by atoms with E-state index in [1.54, 1.807) is 26.8 Å². The van der Waals surface area contributed by atoms with Gasteiger partial charge in [0.15, 0.2) is 5.78 Å². The van der Waals surface area contributed by atoms with Crippen molar-refractivity contribution in [3.63, 3.8) is 0 Å². The SMILES string of the molecule is Cc1ccccc1-n1c(=O)/c(=C\c2ccc(Br)cc2)s/c1=C(/C#N)C(=O)C(C)(C)C. The number of carbonyl (C=O) groups excluding carboxylic acids is 1. The van der Waals surface area contributed by atoms with Gasteiger partial charge in [-0.25, -0.2) is 0 Å². The summed E-state index contributed by atoms with van der Waals surface area (Å²) in [5.41, 5.74) is 1.43. The van der Waals surface area contributed by atoms with E-state index in [1.165, 1.54) is 15.9 Å². The van der Waals surface area contributed by atoms with Gasteiger partial charge in [0.25, 0.3) is 5.56 Å². The number of benzene rings is 2. The molecule has 0 saturated heterocycles. The van der Waals surface area contributed by atoms with Crippen molar-refractivity contribution in [2.24, 2.45) is 5.41 Å². The Morgan fingerprint density at radius 1 is 1.13 bits per heavy atom. The van der Waals surface area contributed by atoms with Crippen LogP contribution in [0.4, 0.5) is 0 Å². The quantitative estimate of drug-likeness (QED) is 0.566. The number of halogens is 1. The number of rotatable bonds is 3. The molecule has 4 nitrogen and oxygen atoms in total. The van der Waals surface area contributed by atoms with Crippen molar-refractivity contribution >= 4 is 44.7 Å². The van der Waals surface area contributed by atoms with Crippen LogP contribution in [0, 0.1) is 23.7 Å². The number of Topliss-reactive ketones (excluding diaryl/α,β-unsaturated/α-hetero) is 1. The first-order valence-electron chi connectivity index (χ1n) is 9.38. The zero-order chi connectivity index (χ0) is 22.1. The third-order valence-electron chi connectivity index (χ3n) is 4.58. The van der Waals surface area contributed by atoms with Gasteiger partial charge in [-0.15, -0.1) is 11.3 Å². The number of nitrogens with zero attached hydrogens (tertiary/aromatic N) is 2. The minimum atomic E-state index is -0.739. The molecule has 152 valence electrons. The number of hydrogen-bond donors (Lipinski definition) is 0. The highest BCUT2D eigenvalue weighted by atomic mass is 79.9. The molecule has 0 atom stereocenters. The molecule has 0 N–H and O–H groups in total. The summed E-state index contributed by atoms with van der Waals surface area (Å²) in [7, 11) is 0. The van der Waals surface area contributed by atoms with Crippen LogP contribution in [-0.2, 0) is 4.79 Å². The highest BCUT2D eigenvalue weighted by molar-refractivity contribution is 9.10. The molecular formula is C24H21BrN2O2S. The van der Waals surface area contributed by atoms with Gasteiger partial charge in [-0.1, -0.05) is 67.0 Å². The van der Waals surface area contributed by atoms with Gasteiger partial charge in [0.05, 0.1) is 10.2 Å². The number of aryl methyl sites for hydroxylation is 1. The van der Waals surface area contributed by atoms with E-state index in [0.717, 1.165) is 15.6 Å². The fourth-order valence-electron chi connectivity index (χ4n) is 2.96. The molecule has 6 heteroatoms. The Bertz CT molecular complexity index is 1330. The number of nitriles is 1. The van der Waals surface area contributed by atoms with Gasteiger partial charge in [-0.2, -0.15) is 5.26 Å². The normalized spacial score (nSPS) is 13.1. The monoisotopic (exact) mass is 480 g/mol. The lowest BCUT2D eigenvalue weighted by Gasteiger charge is -2.15. The predicted octanol–water partition coefficient (Wildman–Crippen LogP) is 4.09. The maximum absolute atomic E-state index is 13.4.